The molecule has 2 rings (SSSR count). The normalized spacial score (nSPS) is 10.0. The molecule has 2 aromatic rings. The standard InChI is InChI=1S/C18H18N2O/c1-13-4-5-14(2)16(10-13)11-18(21)20(3)17-8-6-15(12-19)7-9-17/h4-10H,11H2,1-3H3. The lowest BCUT2D eigenvalue weighted by atomic mass is 10.0. The molecule has 1 amide bonds. The molecule has 3 heteroatoms. The van der Waals surface area contributed by atoms with Crippen LogP contribution < -0.4 is 4.90 Å². The van der Waals surface area contributed by atoms with Crippen molar-refractivity contribution >= 4 is 11.6 Å². The summed E-state index contributed by atoms with van der Waals surface area (Å²) < 4.78 is 0. The summed E-state index contributed by atoms with van der Waals surface area (Å²) >= 11 is 0. The van der Waals surface area contributed by atoms with Crippen LogP contribution in [0.25, 0.3) is 0 Å². The lowest BCUT2D eigenvalue weighted by Gasteiger charge is -2.18. The van der Waals surface area contributed by atoms with Gasteiger partial charge >= 0.3 is 0 Å². The van der Waals surface area contributed by atoms with E-state index in [1.165, 1.54) is 0 Å². The number of anilines is 1. The van der Waals surface area contributed by atoms with Gasteiger partial charge in [-0.2, -0.15) is 5.26 Å². The van der Waals surface area contributed by atoms with Crippen LogP contribution in [0.5, 0.6) is 0 Å². The zero-order chi connectivity index (χ0) is 15.4. The van der Waals surface area contributed by atoms with Crippen molar-refractivity contribution in [2.75, 3.05) is 11.9 Å². The van der Waals surface area contributed by atoms with Crippen LogP contribution in [0, 0.1) is 25.2 Å². The number of carbonyl (C=O) groups excluding carboxylic acids is 1. The van der Waals surface area contributed by atoms with Gasteiger partial charge in [-0.1, -0.05) is 23.8 Å². The van der Waals surface area contributed by atoms with Crippen molar-refractivity contribution in [1.82, 2.24) is 0 Å². The van der Waals surface area contributed by atoms with Crippen molar-refractivity contribution in [2.45, 2.75) is 20.3 Å². The molecule has 0 unspecified atom stereocenters. The van der Waals surface area contributed by atoms with Gasteiger partial charge in [0.2, 0.25) is 5.91 Å². The predicted octanol–water partition coefficient (Wildman–Crippen LogP) is 3.38. The van der Waals surface area contributed by atoms with Gasteiger partial charge in [0.1, 0.15) is 0 Å². The zero-order valence-electron chi connectivity index (χ0n) is 12.6. The fourth-order valence-electron chi connectivity index (χ4n) is 2.18. The highest BCUT2D eigenvalue weighted by atomic mass is 16.2. The molecule has 0 spiro atoms. The van der Waals surface area contributed by atoms with Crippen LogP contribution in [0.4, 0.5) is 5.69 Å². The molecule has 21 heavy (non-hydrogen) atoms. The first-order valence-corrected chi connectivity index (χ1v) is 6.84. The van der Waals surface area contributed by atoms with Crippen molar-refractivity contribution in [1.29, 1.82) is 5.26 Å². The van der Waals surface area contributed by atoms with Gasteiger partial charge in [-0.25, -0.2) is 0 Å². The zero-order valence-corrected chi connectivity index (χ0v) is 12.6. The molecule has 0 aliphatic rings. The van der Waals surface area contributed by atoms with E-state index in [4.69, 9.17) is 5.26 Å². The van der Waals surface area contributed by atoms with Crippen molar-refractivity contribution in [3.63, 3.8) is 0 Å². The van der Waals surface area contributed by atoms with E-state index in [2.05, 4.69) is 12.1 Å². The number of nitrogens with zero attached hydrogens (tertiary/aromatic N) is 2. The minimum atomic E-state index is 0.0356. The molecular formula is C18H18N2O. The largest absolute Gasteiger partial charge is 0.315 e. The van der Waals surface area contributed by atoms with Crippen LogP contribution in [0.3, 0.4) is 0 Å². The van der Waals surface area contributed by atoms with Gasteiger partial charge in [-0.05, 0) is 49.2 Å². The Bertz CT molecular complexity index is 696. The monoisotopic (exact) mass is 278 g/mol. The van der Waals surface area contributed by atoms with Gasteiger partial charge in [-0.15, -0.1) is 0 Å². The molecule has 106 valence electrons. The minimum absolute atomic E-state index is 0.0356. The van der Waals surface area contributed by atoms with Crippen molar-refractivity contribution in [3.05, 3.63) is 64.7 Å². The second-order valence-electron chi connectivity index (χ2n) is 5.22. The Hall–Kier alpha value is -2.60. The summed E-state index contributed by atoms with van der Waals surface area (Å²) in [6.45, 7) is 4.04. The van der Waals surface area contributed by atoms with E-state index in [0.717, 1.165) is 22.4 Å². The highest BCUT2D eigenvalue weighted by Crippen LogP contribution is 2.17. The third-order valence-electron chi connectivity index (χ3n) is 3.60. The summed E-state index contributed by atoms with van der Waals surface area (Å²) in [6, 6.07) is 15.2. The topological polar surface area (TPSA) is 44.1 Å². The first-order valence-electron chi connectivity index (χ1n) is 6.84. The summed E-state index contributed by atoms with van der Waals surface area (Å²) in [6.07, 6.45) is 0.379. The number of carbonyl (C=O) groups is 1. The summed E-state index contributed by atoms with van der Waals surface area (Å²) in [5.41, 5.74) is 4.73. The highest BCUT2D eigenvalue weighted by molar-refractivity contribution is 5.94. The van der Waals surface area contributed by atoms with E-state index in [0.29, 0.717) is 12.0 Å². The Morgan fingerprint density at radius 3 is 2.43 bits per heavy atom. The SMILES string of the molecule is Cc1ccc(C)c(CC(=O)N(C)c2ccc(C#N)cc2)c1. The first-order chi connectivity index (χ1) is 10.0. The number of rotatable bonds is 3. The van der Waals surface area contributed by atoms with Crippen LogP contribution in [-0.2, 0) is 11.2 Å². The molecular weight excluding hydrogens is 260 g/mol. The molecule has 0 atom stereocenters. The van der Waals surface area contributed by atoms with Crippen molar-refractivity contribution in [3.8, 4) is 6.07 Å². The maximum absolute atomic E-state index is 12.4. The molecule has 0 aliphatic carbocycles. The van der Waals surface area contributed by atoms with Gasteiger partial charge in [-0.3, -0.25) is 4.79 Å². The van der Waals surface area contributed by atoms with E-state index in [1.807, 2.05) is 26.0 Å². The van der Waals surface area contributed by atoms with E-state index >= 15 is 0 Å². The smallest absolute Gasteiger partial charge is 0.231 e. The maximum Gasteiger partial charge on any atom is 0.231 e. The van der Waals surface area contributed by atoms with Crippen LogP contribution >= 0.6 is 0 Å². The van der Waals surface area contributed by atoms with Crippen LogP contribution in [0.2, 0.25) is 0 Å². The highest BCUT2D eigenvalue weighted by Gasteiger charge is 2.13. The number of benzene rings is 2. The molecule has 0 saturated heterocycles. The fourth-order valence-corrected chi connectivity index (χ4v) is 2.18. The van der Waals surface area contributed by atoms with Gasteiger partial charge < -0.3 is 4.90 Å². The Kier molecular flexibility index (Phi) is 4.39. The molecule has 0 aliphatic heterocycles. The van der Waals surface area contributed by atoms with Crippen LogP contribution in [0.15, 0.2) is 42.5 Å². The predicted molar refractivity (Wildman–Crippen MR) is 84.2 cm³/mol. The molecule has 0 aromatic heterocycles. The maximum atomic E-state index is 12.4. The average molecular weight is 278 g/mol. The Labute approximate surface area is 125 Å². The lowest BCUT2D eigenvalue weighted by Crippen LogP contribution is -2.28. The van der Waals surface area contributed by atoms with E-state index in [-0.39, 0.29) is 5.91 Å². The number of hydrogen-bond acceptors (Lipinski definition) is 2. The summed E-state index contributed by atoms with van der Waals surface area (Å²) in [5.74, 6) is 0.0356. The number of nitriles is 1. The second-order valence-corrected chi connectivity index (χ2v) is 5.22. The van der Waals surface area contributed by atoms with Crippen molar-refractivity contribution < 1.29 is 4.79 Å². The molecule has 0 heterocycles. The van der Waals surface area contributed by atoms with E-state index in [1.54, 1.807) is 36.2 Å². The van der Waals surface area contributed by atoms with E-state index < -0.39 is 0 Å². The molecule has 0 N–H and O–H groups in total. The minimum Gasteiger partial charge on any atom is -0.315 e. The average Bonchev–Trinajstić information content (AvgIpc) is 2.50. The number of hydrogen-bond donors (Lipinski definition) is 0. The number of likely N-dealkylation sites (N-methyl/N-ethyl adjacent to an activating group) is 1. The Morgan fingerprint density at radius 1 is 1.14 bits per heavy atom. The number of amides is 1. The van der Waals surface area contributed by atoms with Gasteiger partial charge in [0.25, 0.3) is 0 Å². The molecule has 3 nitrogen and oxygen atoms in total. The summed E-state index contributed by atoms with van der Waals surface area (Å²) in [7, 11) is 1.76. The van der Waals surface area contributed by atoms with Crippen LogP contribution in [0.1, 0.15) is 22.3 Å². The van der Waals surface area contributed by atoms with Crippen LogP contribution in [-0.4, -0.2) is 13.0 Å². The van der Waals surface area contributed by atoms with E-state index in [9.17, 15) is 4.79 Å². The lowest BCUT2D eigenvalue weighted by molar-refractivity contribution is -0.117. The molecule has 0 saturated carbocycles. The Balaban J connectivity index is 2.15. The van der Waals surface area contributed by atoms with Gasteiger partial charge in [0.15, 0.2) is 0 Å². The molecule has 2 aromatic carbocycles. The third-order valence-corrected chi connectivity index (χ3v) is 3.60. The number of aryl methyl sites for hydroxylation is 2. The van der Waals surface area contributed by atoms with Crippen molar-refractivity contribution in [2.24, 2.45) is 0 Å². The molecule has 0 radical (unpaired) electrons. The quantitative estimate of drug-likeness (QED) is 0.864. The molecule has 0 bridgehead atoms. The first kappa shape index (κ1) is 14.8. The fraction of sp³-hybridized carbons (Fsp3) is 0.222. The van der Waals surface area contributed by atoms with Gasteiger partial charge in [0, 0.05) is 12.7 Å². The summed E-state index contributed by atoms with van der Waals surface area (Å²) in [4.78, 5) is 14.0. The molecule has 0 fully saturated rings. The van der Waals surface area contributed by atoms with Gasteiger partial charge in [0.05, 0.1) is 18.1 Å². The second kappa shape index (κ2) is 6.23. The third kappa shape index (κ3) is 3.49. The summed E-state index contributed by atoms with van der Waals surface area (Å²) in [5, 5.41) is 8.80. The Morgan fingerprint density at radius 2 is 1.81 bits per heavy atom.